The SMILES string of the molecule is CC(C)OC(=O)C(Cc1cccc(S(C)(=O)=O)c1)NC(=O)c1c(Cl)cc2c(NCc3ccco3)nsc2c1Cl. The van der Waals surface area contributed by atoms with Gasteiger partial charge in [0.2, 0.25) is 0 Å². The van der Waals surface area contributed by atoms with Crippen molar-refractivity contribution in [1.82, 2.24) is 9.69 Å². The summed E-state index contributed by atoms with van der Waals surface area (Å²) in [5.74, 6) is -0.119. The monoisotopic (exact) mass is 609 g/mol. The third-order valence-electron chi connectivity index (χ3n) is 5.60. The fourth-order valence-electron chi connectivity index (χ4n) is 3.80. The van der Waals surface area contributed by atoms with Gasteiger partial charge in [-0.25, -0.2) is 13.2 Å². The standard InChI is InChI=1S/C26H25Cl2N3O6S2/c1-14(2)37-26(33)20(11-15-6-4-8-17(10-15)39(3,34)35)30-25(32)21-19(27)12-18-23(22(21)28)38-31-24(18)29-13-16-7-5-9-36-16/h4-10,12,14,20H,11,13H2,1-3H3,(H,29,31)(H,30,32). The Labute approximate surface area is 239 Å². The topological polar surface area (TPSA) is 128 Å². The number of rotatable bonds is 10. The molecule has 1 atom stereocenters. The number of nitrogens with one attached hydrogen (secondary N) is 2. The molecule has 13 heteroatoms. The fraction of sp³-hybridized carbons (Fsp3) is 0.269. The van der Waals surface area contributed by atoms with Gasteiger partial charge < -0.3 is 19.8 Å². The van der Waals surface area contributed by atoms with Crippen molar-refractivity contribution in [2.24, 2.45) is 0 Å². The summed E-state index contributed by atoms with van der Waals surface area (Å²) in [5, 5.41) is 6.62. The second-order valence-electron chi connectivity index (χ2n) is 9.02. The number of carbonyl (C=O) groups excluding carboxylic acids is 2. The van der Waals surface area contributed by atoms with Crippen molar-refractivity contribution < 1.29 is 27.2 Å². The van der Waals surface area contributed by atoms with Gasteiger partial charge in [0.25, 0.3) is 5.91 Å². The lowest BCUT2D eigenvalue weighted by atomic mass is 10.0. The molecule has 0 aliphatic heterocycles. The average Bonchev–Trinajstić information content (AvgIpc) is 3.51. The summed E-state index contributed by atoms with van der Waals surface area (Å²) in [6.45, 7) is 3.76. The van der Waals surface area contributed by atoms with Crippen LogP contribution in [-0.4, -0.2) is 43.1 Å². The largest absolute Gasteiger partial charge is 0.467 e. The van der Waals surface area contributed by atoms with Gasteiger partial charge in [0, 0.05) is 18.1 Å². The molecule has 39 heavy (non-hydrogen) atoms. The molecule has 206 valence electrons. The minimum absolute atomic E-state index is 0.0143. The predicted molar refractivity (Wildman–Crippen MR) is 151 cm³/mol. The summed E-state index contributed by atoms with van der Waals surface area (Å²) in [4.78, 5) is 26.4. The van der Waals surface area contributed by atoms with Crippen LogP contribution in [0.5, 0.6) is 0 Å². The number of fused-ring (bicyclic) bond motifs is 1. The molecule has 1 unspecified atom stereocenters. The number of furan rings is 1. The van der Waals surface area contributed by atoms with E-state index in [0.29, 0.717) is 33.8 Å². The first-order valence-corrected chi connectivity index (χ1v) is 15.2. The normalized spacial score (nSPS) is 12.5. The van der Waals surface area contributed by atoms with E-state index in [9.17, 15) is 18.0 Å². The van der Waals surface area contributed by atoms with Crippen molar-refractivity contribution in [2.45, 2.75) is 43.9 Å². The van der Waals surface area contributed by atoms with E-state index >= 15 is 0 Å². The summed E-state index contributed by atoms with van der Waals surface area (Å²) in [5.41, 5.74) is 0.505. The van der Waals surface area contributed by atoms with Crippen molar-refractivity contribution in [3.05, 3.63) is 75.7 Å². The molecule has 2 heterocycles. The van der Waals surface area contributed by atoms with Crippen LogP contribution in [0.25, 0.3) is 10.1 Å². The maximum Gasteiger partial charge on any atom is 0.329 e. The number of anilines is 1. The summed E-state index contributed by atoms with van der Waals surface area (Å²) in [7, 11) is -3.47. The molecular weight excluding hydrogens is 585 g/mol. The number of hydrogen-bond acceptors (Lipinski definition) is 9. The number of hydrogen-bond donors (Lipinski definition) is 2. The van der Waals surface area contributed by atoms with Crippen molar-refractivity contribution in [3.63, 3.8) is 0 Å². The first-order chi connectivity index (χ1) is 18.4. The highest BCUT2D eigenvalue weighted by atomic mass is 35.5. The Kier molecular flexibility index (Phi) is 8.85. The van der Waals surface area contributed by atoms with Crippen LogP contribution in [0.4, 0.5) is 5.82 Å². The Balaban J connectivity index is 1.61. The zero-order valence-corrected chi connectivity index (χ0v) is 24.3. The van der Waals surface area contributed by atoms with E-state index in [0.717, 1.165) is 17.8 Å². The highest BCUT2D eigenvalue weighted by Gasteiger charge is 2.28. The maximum absolute atomic E-state index is 13.4. The Hall–Kier alpha value is -3.12. The van der Waals surface area contributed by atoms with E-state index in [1.807, 2.05) is 6.07 Å². The Morgan fingerprint density at radius 1 is 1.15 bits per heavy atom. The molecule has 0 aliphatic carbocycles. The zero-order chi connectivity index (χ0) is 28.3. The lowest BCUT2D eigenvalue weighted by Crippen LogP contribution is -2.44. The molecule has 4 rings (SSSR count). The van der Waals surface area contributed by atoms with E-state index < -0.39 is 33.9 Å². The molecule has 1 amide bonds. The van der Waals surface area contributed by atoms with E-state index in [1.54, 1.807) is 44.4 Å². The highest BCUT2D eigenvalue weighted by Crippen LogP contribution is 2.39. The van der Waals surface area contributed by atoms with Crippen LogP contribution in [0.2, 0.25) is 10.0 Å². The number of esters is 1. The van der Waals surface area contributed by atoms with E-state index in [1.165, 1.54) is 12.1 Å². The lowest BCUT2D eigenvalue weighted by molar-refractivity contribution is -0.149. The molecule has 0 aliphatic rings. The van der Waals surface area contributed by atoms with Gasteiger partial charge in [0.05, 0.1) is 44.1 Å². The Morgan fingerprint density at radius 3 is 2.59 bits per heavy atom. The Bertz CT molecular complexity index is 1620. The minimum Gasteiger partial charge on any atom is -0.467 e. The van der Waals surface area contributed by atoms with Crippen LogP contribution in [0.3, 0.4) is 0 Å². The summed E-state index contributed by atoms with van der Waals surface area (Å²) in [6.07, 6.45) is 2.21. The molecule has 0 saturated heterocycles. The van der Waals surface area contributed by atoms with Crippen molar-refractivity contribution in [3.8, 4) is 0 Å². The molecule has 2 aromatic heterocycles. The van der Waals surface area contributed by atoms with Crippen LogP contribution in [0.1, 0.15) is 35.5 Å². The van der Waals surface area contributed by atoms with Gasteiger partial charge in [-0.15, -0.1) is 0 Å². The molecule has 9 nitrogen and oxygen atoms in total. The van der Waals surface area contributed by atoms with Crippen LogP contribution >= 0.6 is 34.7 Å². The number of sulfone groups is 1. The number of aromatic nitrogens is 1. The number of halogens is 2. The molecule has 4 aromatic rings. The second kappa shape index (κ2) is 12.0. The van der Waals surface area contributed by atoms with Crippen LogP contribution < -0.4 is 10.6 Å². The summed E-state index contributed by atoms with van der Waals surface area (Å²) in [6, 6.07) is 10.2. The number of carbonyl (C=O) groups is 2. The third kappa shape index (κ3) is 6.91. The van der Waals surface area contributed by atoms with Crippen molar-refractivity contribution in [1.29, 1.82) is 0 Å². The van der Waals surface area contributed by atoms with Crippen molar-refractivity contribution >= 4 is 72.4 Å². The van der Waals surface area contributed by atoms with Gasteiger partial charge in [-0.2, -0.15) is 4.37 Å². The third-order valence-corrected chi connectivity index (χ3v) is 8.38. The molecule has 2 N–H and O–H groups in total. The van der Waals surface area contributed by atoms with Crippen molar-refractivity contribution in [2.75, 3.05) is 11.6 Å². The summed E-state index contributed by atoms with van der Waals surface area (Å²) < 4.78 is 39.6. The number of nitrogens with zero attached hydrogens (tertiary/aromatic N) is 1. The van der Waals surface area contributed by atoms with Gasteiger partial charge in [-0.3, -0.25) is 4.79 Å². The molecular formula is C26H25Cl2N3O6S2. The first kappa shape index (κ1) is 28.9. The summed E-state index contributed by atoms with van der Waals surface area (Å²) >= 11 is 14.2. The molecule has 0 saturated carbocycles. The number of ether oxygens (including phenoxy) is 1. The molecule has 0 bridgehead atoms. The molecule has 2 aromatic carbocycles. The fourth-order valence-corrected chi connectivity index (χ4v) is 6.01. The van der Waals surface area contributed by atoms with E-state index in [2.05, 4.69) is 15.0 Å². The highest BCUT2D eigenvalue weighted by molar-refractivity contribution is 7.90. The minimum atomic E-state index is -3.47. The zero-order valence-electron chi connectivity index (χ0n) is 21.2. The van der Waals surface area contributed by atoms with E-state index in [-0.39, 0.29) is 26.9 Å². The second-order valence-corrected chi connectivity index (χ2v) is 12.6. The van der Waals surface area contributed by atoms with Gasteiger partial charge in [0.15, 0.2) is 9.84 Å². The average molecular weight is 611 g/mol. The quantitative estimate of drug-likeness (QED) is 0.225. The maximum atomic E-state index is 13.4. The van der Waals surface area contributed by atoms with Crippen LogP contribution in [0, 0.1) is 0 Å². The van der Waals surface area contributed by atoms with Crippen LogP contribution in [-0.2, 0) is 32.3 Å². The van der Waals surface area contributed by atoms with Crippen LogP contribution in [0.15, 0.2) is 58.0 Å². The van der Waals surface area contributed by atoms with Gasteiger partial charge in [-0.1, -0.05) is 35.3 Å². The number of amides is 1. The Morgan fingerprint density at radius 2 is 1.92 bits per heavy atom. The molecule has 0 fully saturated rings. The number of benzene rings is 2. The molecule has 0 spiro atoms. The van der Waals surface area contributed by atoms with Gasteiger partial charge >= 0.3 is 5.97 Å². The predicted octanol–water partition coefficient (Wildman–Crippen LogP) is 5.50. The first-order valence-electron chi connectivity index (χ1n) is 11.8. The molecule has 0 radical (unpaired) electrons. The van der Waals surface area contributed by atoms with Gasteiger partial charge in [0.1, 0.15) is 17.6 Å². The van der Waals surface area contributed by atoms with Gasteiger partial charge in [-0.05, 0) is 61.3 Å². The lowest BCUT2D eigenvalue weighted by Gasteiger charge is -2.20. The smallest absolute Gasteiger partial charge is 0.329 e. The van der Waals surface area contributed by atoms with E-state index in [4.69, 9.17) is 32.4 Å².